The molecule has 1 amide bonds. The van der Waals surface area contributed by atoms with Crippen molar-refractivity contribution in [3.05, 3.63) is 59.2 Å². The van der Waals surface area contributed by atoms with Crippen molar-refractivity contribution in [3.63, 3.8) is 0 Å². The molecule has 2 rings (SSSR count). The molecule has 24 heavy (non-hydrogen) atoms. The van der Waals surface area contributed by atoms with E-state index >= 15 is 0 Å². The van der Waals surface area contributed by atoms with Crippen LogP contribution in [-0.4, -0.2) is 17.6 Å². The van der Waals surface area contributed by atoms with E-state index in [1.54, 1.807) is 18.2 Å². The van der Waals surface area contributed by atoms with Gasteiger partial charge in [-0.2, -0.15) is 0 Å². The molecule has 0 atom stereocenters. The molecule has 2 N–H and O–H groups in total. The Labute approximate surface area is 148 Å². The second-order valence-corrected chi connectivity index (χ2v) is 6.01. The van der Waals surface area contributed by atoms with Crippen LogP contribution in [0.25, 0.3) is 0 Å². The molecule has 0 aliphatic heterocycles. The van der Waals surface area contributed by atoms with Gasteiger partial charge >= 0.3 is 0 Å². The molecule has 0 bridgehead atoms. The van der Waals surface area contributed by atoms with Crippen molar-refractivity contribution >= 4 is 28.9 Å². The molecule has 0 spiro atoms. The Balaban J connectivity index is 1.99. The number of hydrogen-bond acceptors (Lipinski definition) is 3. The maximum atomic E-state index is 12.3. The average Bonchev–Trinajstić information content (AvgIpc) is 2.55. The lowest BCUT2D eigenvalue weighted by atomic mass is 10.1. The first-order valence-electron chi connectivity index (χ1n) is 7.92. The minimum absolute atomic E-state index is 0.265. The zero-order valence-corrected chi connectivity index (χ0v) is 15.0. The smallest absolute Gasteiger partial charge is 0.257 e. The molecule has 126 valence electrons. The Hall–Kier alpha value is -2.40. The van der Waals surface area contributed by atoms with Crippen LogP contribution in [0, 0.1) is 13.8 Å². The van der Waals surface area contributed by atoms with E-state index in [1.807, 2.05) is 39.0 Å². The number of carbonyl (C=O) groups excluding carboxylic acids is 1. The molecule has 5 heteroatoms. The molecule has 4 nitrogen and oxygen atoms in total. The largest absolute Gasteiger partial charge is 0.494 e. The van der Waals surface area contributed by atoms with Crippen LogP contribution in [0.15, 0.2) is 42.5 Å². The summed E-state index contributed by atoms with van der Waals surface area (Å²) in [7, 11) is 0. The Morgan fingerprint density at radius 2 is 1.96 bits per heavy atom. The minimum atomic E-state index is -0.265. The van der Waals surface area contributed by atoms with Crippen LogP contribution < -0.4 is 15.4 Å². The summed E-state index contributed by atoms with van der Waals surface area (Å²) in [6.45, 7) is 6.68. The van der Waals surface area contributed by atoms with Gasteiger partial charge in [0.05, 0.1) is 6.61 Å². The van der Waals surface area contributed by atoms with E-state index in [4.69, 9.17) is 17.0 Å². The third kappa shape index (κ3) is 5.06. The quantitative estimate of drug-likeness (QED) is 0.799. The summed E-state index contributed by atoms with van der Waals surface area (Å²) in [5.74, 6) is 0.414. The number of rotatable bonds is 5. The number of carbonyl (C=O) groups is 1. The lowest BCUT2D eigenvalue weighted by molar-refractivity contribution is 0.0977. The Morgan fingerprint density at radius 3 is 2.67 bits per heavy atom. The number of benzene rings is 2. The summed E-state index contributed by atoms with van der Waals surface area (Å²) in [6.07, 6.45) is 0.917. The Bertz CT molecular complexity index is 744. The summed E-state index contributed by atoms with van der Waals surface area (Å²) in [5, 5.41) is 6.02. The molecule has 0 saturated carbocycles. The predicted molar refractivity (Wildman–Crippen MR) is 102 cm³/mol. The number of aryl methyl sites for hydroxylation is 2. The highest BCUT2D eigenvalue weighted by Gasteiger charge is 2.10. The summed E-state index contributed by atoms with van der Waals surface area (Å²) in [5.41, 5.74) is 3.64. The fourth-order valence-electron chi connectivity index (χ4n) is 2.23. The lowest BCUT2D eigenvalue weighted by Gasteiger charge is -2.12. The van der Waals surface area contributed by atoms with Gasteiger partial charge in [-0.1, -0.05) is 30.7 Å². The fraction of sp³-hybridized carbons (Fsp3) is 0.263. The molecule has 0 heterocycles. The van der Waals surface area contributed by atoms with E-state index in [9.17, 15) is 4.79 Å². The van der Waals surface area contributed by atoms with Crippen molar-refractivity contribution in [2.24, 2.45) is 0 Å². The minimum Gasteiger partial charge on any atom is -0.494 e. The highest BCUT2D eigenvalue weighted by molar-refractivity contribution is 7.80. The third-order valence-corrected chi connectivity index (χ3v) is 3.63. The van der Waals surface area contributed by atoms with Crippen LogP contribution in [0.5, 0.6) is 5.75 Å². The summed E-state index contributed by atoms with van der Waals surface area (Å²) < 4.78 is 5.55. The zero-order chi connectivity index (χ0) is 17.5. The molecule has 0 aliphatic carbocycles. The van der Waals surface area contributed by atoms with E-state index < -0.39 is 0 Å². The number of amides is 1. The van der Waals surface area contributed by atoms with Gasteiger partial charge in [-0.25, -0.2) is 0 Å². The molecular weight excluding hydrogens is 320 g/mol. The van der Waals surface area contributed by atoms with E-state index in [0.29, 0.717) is 17.9 Å². The lowest BCUT2D eigenvalue weighted by Crippen LogP contribution is -2.34. The van der Waals surface area contributed by atoms with E-state index in [1.165, 1.54) is 5.56 Å². The van der Waals surface area contributed by atoms with Crippen molar-refractivity contribution in [1.82, 2.24) is 5.32 Å². The highest BCUT2D eigenvalue weighted by atomic mass is 32.1. The zero-order valence-electron chi connectivity index (χ0n) is 14.2. The van der Waals surface area contributed by atoms with Gasteiger partial charge in [0.1, 0.15) is 5.75 Å². The Morgan fingerprint density at radius 1 is 1.17 bits per heavy atom. The van der Waals surface area contributed by atoms with Gasteiger partial charge < -0.3 is 10.1 Å². The Kier molecular flexibility index (Phi) is 6.32. The van der Waals surface area contributed by atoms with Crippen molar-refractivity contribution in [2.75, 3.05) is 11.9 Å². The van der Waals surface area contributed by atoms with Crippen molar-refractivity contribution in [2.45, 2.75) is 27.2 Å². The molecular formula is C19H22N2O2S. The molecule has 2 aromatic carbocycles. The molecule has 0 unspecified atom stereocenters. The van der Waals surface area contributed by atoms with Crippen LogP contribution in [0.3, 0.4) is 0 Å². The molecule has 0 aliphatic rings. The summed E-state index contributed by atoms with van der Waals surface area (Å²) >= 11 is 5.23. The third-order valence-electron chi connectivity index (χ3n) is 3.43. The standard InChI is InChI=1S/C19H22N2O2S/c1-4-10-23-16-7-5-6-15(12-16)18(22)21-19(24)20-17-9-8-13(2)11-14(17)3/h5-9,11-12H,4,10H2,1-3H3,(H2,20,21,22,24). The van der Waals surface area contributed by atoms with Crippen molar-refractivity contribution < 1.29 is 9.53 Å². The average molecular weight is 342 g/mol. The van der Waals surface area contributed by atoms with Gasteiger partial charge in [0.2, 0.25) is 0 Å². The first-order chi connectivity index (χ1) is 11.5. The fourth-order valence-corrected chi connectivity index (χ4v) is 2.43. The number of ether oxygens (including phenoxy) is 1. The van der Waals surface area contributed by atoms with Crippen LogP contribution in [-0.2, 0) is 0 Å². The monoisotopic (exact) mass is 342 g/mol. The van der Waals surface area contributed by atoms with E-state index in [-0.39, 0.29) is 11.0 Å². The first-order valence-corrected chi connectivity index (χ1v) is 8.33. The van der Waals surface area contributed by atoms with Crippen LogP contribution >= 0.6 is 12.2 Å². The van der Waals surface area contributed by atoms with Crippen molar-refractivity contribution in [1.29, 1.82) is 0 Å². The second-order valence-electron chi connectivity index (χ2n) is 5.60. The first kappa shape index (κ1) is 17.9. The molecule has 0 fully saturated rings. The van der Waals surface area contributed by atoms with Crippen LogP contribution in [0.1, 0.15) is 34.8 Å². The summed E-state index contributed by atoms with van der Waals surface area (Å²) in [4.78, 5) is 12.3. The van der Waals surface area contributed by atoms with E-state index in [0.717, 1.165) is 17.7 Å². The van der Waals surface area contributed by atoms with E-state index in [2.05, 4.69) is 16.7 Å². The molecule has 0 saturated heterocycles. The van der Waals surface area contributed by atoms with Gasteiger partial charge in [0, 0.05) is 11.3 Å². The second kappa shape index (κ2) is 8.45. The molecule has 0 aromatic heterocycles. The molecule has 0 radical (unpaired) electrons. The van der Waals surface area contributed by atoms with Gasteiger partial charge in [0.15, 0.2) is 5.11 Å². The highest BCUT2D eigenvalue weighted by Crippen LogP contribution is 2.16. The number of thiocarbonyl (C=S) groups is 1. The van der Waals surface area contributed by atoms with Crippen LogP contribution in [0.2, 0.25) is 0 Å². The predicted octanol–water partition coefficient (Wildman–Crippen LogP) is 4.22. The van der Waals surface area contributed by atoms with Gasteiger partial charge in [0.25, 0.3) is 5.91 Å². The van der Waals surface area contributed by atoms with Gasteiger partial charge in [-0.05, 0) is 62.3 Å². The molecule has 2 aromatic rings. The maximum absolute atomic E-state index is 12.3. The van der Waals surface area contributed by atoms with Crippen molar-refractivity contribution in [3.8, 4) is 5.75 Å². The van der Waals surface area contributed by atoms with Crippen LogP contribution in [0.4, 0.5) is 5.69 Å². The number of hydrogen-bond donors (Lipinski definition) is 2. The topological polar surface area (TPSA) is 50.4 Å². The normalized spacial score (nSPS) is 10.1. The van der Waals surface area contributed by atoms with Gasteiger partial charge in [-0.15, -0.1) is 0 Å². The SMILES string of the molecule is CCCOc1cccc(C(=O)NC(=S)Nc2ccc(C)cc2C)c1. The summed E-state index contributed by atoms with van der Waals surface area (Å²) in [6, 6.07) is 13.1. The number of nitrogens with one attached hydrogen (secondary N) is 2. The van der Waals surface area contributed by atoms with Gasteiger partial charge in [-0.3, -0.25) is 10.1 Å². The number of anilines is 1. The maximum Gasteiger partial charge on any atom is 0.257 e.